The van der Waals surface area contributed by atoms with E-state index >= 15 is 0 Å². The lowest BCUT2D eigenvalue weighted by molar-refractivity contribution is -0.138. The van der Waals surface area contributed by atoms with Gasteiger partial charge in [-0.3, -0.25) is 9.59 Å². The minimum Gasteiger partial charge on any atom is -0.480 e. The zero-order chi connectivity index (χ0) is 11.4. The minimum absolute atomic E-state index is 0.0683. The van der Waals surface area contributed by atoms with E-state index in [1.807, 2.05) is 0 Å². The lowest BCUT2D eigenvalue weighted by Gasteiger charge is -2.08. The van der Waals surface area contributed by atoms with Crippen LogP contribution in [0.2, 0.25) is 0 Å². The molecule has 0 bridgehead atoms. The molecule has 0 saturated heterocycles. The molecule has 0 radical (unpaired) electrons. The van der Waals surface area contributed by atoms with Crippen LogP contribution < -0.4 is 5.73 Å². The van der Waals surface area contributed by atoms with Crippen LogP contribution in [0.15, 0.2) is 18.2 Å². The van der Waals surface area contributed by atoms with E-state index in [1.54, 1.807) is 0 Å². The highest BCUT2D eigenvalue weighted by molar-refractivity contribution is 5.79. The molecule has 1 aromatic carbocycles. The summed E-state index contributed by atoms with van der Waals surface area (Å²) < 4.78 is 12.8. The van der Waals surface area contributed by atoms with Crippen LogP contribution in [0.1, 0.15) is 15.9 Å². The summed E-state index contributed by atoms with van der Waals surface area (Å²) in [6, 6.07) is 2.42. The Hall–Kier alpha value is -1.75. The number of hydrogen-bond donors (Lipinski definition) is 2. The third-order valence-corrected chi connectivity index (χ3v) is 1.99. The van der Waals surface area contributed by atoms with Crippen molar-refractivity contribution in [3.63, 3.8) is 0 Å². The second kappa shape index (κ2) is 4.65. The summed E-state index contributed by atoms with van der Waals surface area (Å²) in [4.78, 5) is 21.1. The largest absolute Gasteiger partial charge is 0.480 e. The SMILES string of the molecule is NC(Cc1cc(F)ccc1C=O)C(=O)O. The Morgan fingerprint density at radius 1 is 1.60 bits per heavy atom. The molecule has 0 spiro atoms. The molecule has 1 atom stereocenters. The molecule has 1 aromatic rings. The van der Waals surface area contributed by atoms with Crippen LogP contribution in [0.25, 0.3) is 0 Å². The zero-order valence-electron chi connectivity index (χ0n) is 7.81. The maximum Gasteiger partial charge on any atom is 0.320 e. The molecule has 1 unspecified atom stereocenters. The van der Waals surface area contributed by atoms with Gasteiger partial charge in [-0.2, -0.15) is 0 Å². The van der Waals surface area contributed by atoms with E-state index in [4.69, 9.17) is 10.8 Å². The first-order chi connectivity index (χ1) is 7.04. The van der Waals surface area contributed by atoms with Crippen LogP contribution >= 0.6 is 0 Å². The second-order valence-corrected chi connectivity index (χ2v) is 3.11. The summed E-state index contributed by atoms with van der Waals surface area (Å²) in [7, 11) is 0. The number of aliphatic carboxylic acids is 1. The van der Waals surface area contributed by atoms with E-state index in [2.05, 4.69) is 0 Å². The molecule has 15 heavy (non-hydrogen) atoms. The highest BCUT2D eigenvalue weighted by Gasteiger charge is 2.14. The molecule has 0 aliphatic carbocycles. The van der Waals surface area contributed by atoms with Crippen LogP contribution in [0.5, 0.6) is 0 Å². The Kier molecular flexibility index (Phi) is 3.51. The van der Waals surface area contributed by atoms with Crippen LogP contribution in [0.3, 0.4) is 0 Å². The predicted molar refractivity (Wildman–Crippen MR) is 51.1 cm³/mol. The molecule has 0 saturated carbocycles. The molecule has 0 fully saturated rings. The fraction of sp³-hybridized carbons (Fsp3) is 0.200. The monoisotopic (exact) mass is 211 g/mol. The lowest BCUT2D eigenvalue weighted by atomic mass is 10.0. The van der Waals surface area contributed by atoms with Crippen molar-refractivity contribution in [2.45, 2.75) is 12.5 Å². The van der Waals surface area contributed by atoms with E-state index in [0.717, 1.165) is 12.1 Å². The number of aldehydes is 1. The lowest BCUT2D eigenvalue weighted by Crippen LogP contribution is -2.32. The molecule has 0 aliphatic rings. The van der Waals surface area contributed by atoms with Gasteiger partial charge in [0, 0.05) is 5.56 Å². The Morgan fingerprint density at radius 2 is 2.27 bits per heavy atom. The van der Waals surface area contributed by atoms with E-state index in [-0.39, 0.29) is 12.0 Å². The van der Waals surface area contributed by atoms with Crippen molar-refractivity contribution in [3.8, 4) is 0 Å². The minimum atomic E-state index is -1.18. The standard InChI is InChI=1S/C10H10FNO3/c11-8-2-1-6(5-13)7(3-8)4-9(12)10(14)15/h1-3,5,9H,4,12H2,(H,14,15). The third kappa shape index (κ3) is 2.85. The number of benzene rings is 1. The number of halogens is 1. The Morgan fingerprint density at radius 3 is 2.80 bits per heavy atom. The Labute approximate surface area is 85.5 Å². The fourth-order valence-corrected chi connectivity index (χ4v) is 1.19. The highest BCUT2D eigenvalue weighted by atomic mass is 19.1. The van der Waals surface area contributed by atoms with Crippen molar-refractivity contribution in [3.05, 3.63) is 35.1 Å². The zero-order valence-corrected chi connectivity index (χ0v) is 7.81. The molecule has 80 valence electrons. The summed E-state index contributed by atoms with van der Waals surface area (Å²) in [5, 5.41) is 8.57. The molecule has 0 amide bonds. The molecule has 3 N–H and O–H groups in total. The van der Waals surface area contributed by atoms with Crippen molar-refractivity contribution >= 4 is 12.3 Å². The van der Waals surface area contributed by atoms with Crippen molar-refractivity contribution in [2.24, 2.45) is 5.73 Å². The van der Waals surface area contributed by atoms with Gasteiger partial charge >= 0.3 is 5.97 Å². The van der Waals surface area contributed by atoms with Crippen LogP contribution in [0.4, 0.5) is 4.39 Å². The van der Waals surface area contributed by atoms with E-state index < -0.39 is 17.8 Å². The number of carbonyl (C=O) groups is 2. The molecule has 0 aliphatic heterocycles. The molecule has 5 heteroatoms. The van der Waals surface area contributed by atoms with E-state index in [9.17, 15) is 14.0 Å². The first-order valence-electron chi connectivity index (χ1n) is 4.26. The number of nitrogens with two attached hydrogens (primary N) is 1. The summed E-state index contributed by atoms with van der Waals surface area (Å²) in [5.74, 6) is -1.70. The Bertz CT molecular complexity index is 392. The number of hydrogen-bond acceptors (Lipinski definition) is 3. The number of carbonyl (C=O) groups excluding carboxylic acids is 1. The van der Waals surface area contributed by atoms with Crippen LogP contribution in [0, 0.1) is 5.82 Å². The summed E-state index contributed by atoms with van der Waals surface area (Å²) in [6.07, 6.45) is 0.477. The van der Waals surface area contributed by atoms with Gasteiger partial charge < -0.3 is 10.8 Å². The van der Waals surface area contributed by atoms with E-state index in [0.29, 0.717) is 11.8 Å². The van der Waals surface area contributed by atoms with Crippen LogP contribution in [-0.2, 0) is 11.2 Å². The molecular weight excluding hydrogens is 201 g/mol. The summed E-state index contributed by atoms with van der Waals surface area (Å²) in [6.45, 7) is 0. The highest BCUT2D eigenvalue weighted by Crippen LogP contribution is 2.11. The summed E-state index contributed by atoms with van der Waals surface area (Å²) >= 11 is 0. The number of carboxylic acids is 1. The van der Waals surface area contributed by atoms with Gasteiger partial charge in [-0.1, -0.05) is 0 Å². The first kappa shape index (κ1) is 11.3. The van der Waals surface area contributed by atoms with E-state index in [1.165, 1.54) is 6.07 Å². The van der Waals surface area contributed by atoms with Crippen molar-refractivity contribution in [1.29, 1.82) is 0 Å². The van der Waals surface area contributed by atoms with Gasteiger partial charge in [-0.05, 0) is 30.2 Å². The smallest absolute Gasteiger partial charge is 0.320 e. The third-order valence-electron chi connectivity index (χ3n) is 1.99. The quantitative estimate of drug-likeness (QED) is 0.714. The average Bonchev–Trinajstić information content (AvgIpc) is 2.18. The average molecular weight is 211 g/mol. The van der Waals surface area contributed by atoms with Gasteiger partial charge in [0.25, 0.3) is 0 Å². The van der Waals surface area contributed by atoms with Gasteiger partial charge in [-0.25, -0.2) is 4.39 Å². The van der Waals surface area contributed by atoms with Gasteiger partial charge in [0.05, 0.1) is 0 Å². The van der Waals surface area contributed by atoms with Gasteiger partial charge in [0.1, 0.15) is 18.1 Å². The van der Waals surface area contributed by atoms with Crippen molar-refractivity contribution < 1.29 is 19.1 Å². The predicted octanol–water partition coefficient (Wildman–Crippen LogP) is 0.593. The number of rotatable bonds is 4. The van der Waals surface area contributed by atoms with Crippen molar-refractivity contribution in [1.82, 2.24) is 0 Å². The van der Waals surface area contributed by atoms with Gasteiger partial charge in [-0.15, -0.1) is 0 Å². The number of carboxylic acid groups (broad SMARTS) is 1. The second-order valence-electron chi connectivity index (χ2n) is 3.11. The normalized spacial score (nSPS) is 12.1. The topological polar surface area (TPSA) is 80.4 Å². The molecule has 0 aromatic heterocycles. The van der Waals surface area contributed by atoms with Crippen LogP contribution in [-0.4, -0.2) is 23.4 Å². The molecule has 0 heterocycles. The molecular formula is C10H10FNO3. The maximum atomic E-state index is 12.8. The first-order valence-corrected chi connectivity index (χ1v) is 4.26. The molecule has 4 nitrogen and oxygen atoms in total. The Balaban J connectivity index is 2.96. The maximum absolute atomic E-state index is 12.8. The molecule has 1 rings (SSSR count). The van der Waals surface area contributed by atoms with Crippen molar-refractivity contribution in [2.75, 3.05) is 0 Å². The van der Waals surface area contributed by atoms with Gasteiger partial charge in [0.15, 0.2) is 0 Å². The fourth-order valence-electron chi connectivity index (χ4n) is 1.19. The van der Waals surface area contributed by atoms with Gasteiger partial charge in [0.2, 0.25) is 0 Å². The summed E-state index contributed by atoms with van der Waals surface area (Å²) in [5.41, 5.74) is 5.85.